The lowest BCUT2D eigenvalue weighted by atomic mass is 9.86. The number of carbonyl (C=O) groups is 1. The number of halogens is 1. The topological polar surface area (TPSA) is 85.7 Å². The van der Waals surface area contributed by atoms with Crippen molar-refractivity contribution >= 4 is 38.8 Å². The highest BCUT2D eigenvalue weighted by Crippen LogP contribution is 2.41. The van der Waals surface area contributed by atoms with Gasteiger partial charge in [0.15, 0.2) is 0 Å². The number of pyridine rings is 1. The summed E-state index contributed by atoms with van der Waals surface area (Å²) in [7, 11) is -5.42. The summed E-state index contributed by atoms with van der Waals surface area (Å²) < 4.78 is 40.7. The summed E-state index contributed by atoms with van der Waals surface area (Å²) in [5.41, 5.74) is 6.56. The molecular weight excluding hydrogens is 713 g/mol. The summed E-state index contributed by atoms with van der Waals surface area (Å²) in [6.45, 7) is 12.7. The quantitative estimate of drug-likeness (QED) is 0.0796. The number of aliphatic carboxylic acids is 1. The van der Waals surface area contributed by atoms with Crippen LogP contribution in [-0.2, 0) is 24.7 Å². The summed E-state index contributed by atoms with van der Waals surface area (Å²) in [5.74, 6) is -1.29. The van der Waals surface area contributed by atoms with E-state index in [9.17, 15) is 18.9 Å². The van der Waals surface area contributed by atoms with Gasteiger partial charge in [-0.25, -0.2) is 4.39 Å². The van der Waals surface area contributed by atoms with Crippen molar-refractivity contribution < 1.29 is 27.8 Å². The molecular formula is C45H50FNO5PSi+. The molecule has 0 aliphatic carbocycles. The van der Waals surface area contributed by atoms with Crippen LogP contribution in [0.15, 0.2) is 121 Å². The molecule has 2 atom stereocenters. The molecule has 0 spiro atoms. The van der Waals surface area contributed by atoms with Crippen LogP contribution in [-0.4, -0.2) is 43.2 Å². The maximum atomic E-state index is 14.1. The van der Waals surface area contributed by atoms with E-state index in [4.69, 9.17) is 13.9 Å². The van der Waals surface area contributed by atoms with Gasteiger partial charge in [-0.2, -0.15) is 0 Å². The smallest absolute Gasteiger partial charge is 0.481 e. The predicted molar refractivity (Wildman–Crippen MR) is 221 cm³/mol. The lowest BCUT2D eigenvalue weighted by molar-refractivity contribution is -0.138. The van der Waals surface area contributed by atoms with E-state index in [1.165, 1.54) is 12.1 Å². The number of nitrogens with zero attached hydrogens (tertiary/aromatic N) is 1. The van der Waals surface area contributed by atoms with E-state index < -0.39 is 28.4 Å². The van der Waals surface area contributed by atoms with Crippen molar-refractivity contribution in [3.05, 3.63) is 144 Å². The molecule has 0 radical (unpaired) electrons. The normalized spacial score (nSPS) is 13.0. The number of aromatic nitrogens is 1. The third-order valence-corrected chi connectivity index (χ3v) is 15.8. The van der Waals surface area contributed by atoms with E-state index in [2.05, 4.69) is 53.7 Å². The molecule has 0 saturated carbocycles. The van der Waals surface area contributed by atoms with Crippen molar-refractivity contribution in [2.45, 2.75) is 71.4 Å². The van der Waals surface area contributed by atoms with Crippen molar-refractivity contribution in [1.29, 1.82) is 0 Å². The molecule has 1 N–H and O–H groups in total. The van der Waals surface area contributed by atoms with Gasteiger partial charge in [0.1, 0.15) is 18.5 Å². The fraction of sp³-hybridized carbons (Fsp3) is 0.289. The highest BCUT2D eigenvalue weighted by molar-refractivity contribution is 7.39. The average molecular weight is 763 g/mol. The summed E-state index contributed by atoms with van der Waals surface area (Å²) >= 11 is 0. The van der Waals surface area contributed by atoms with E-state index in [1.54, 1.807) is 12.1 Å². The number of rotatable bonds is 16. The molecule has 0 bridgehead atoms. The van der Waals surface area contributed by atoms with Crippen molar-refractivity contribution in [2.24, 2.45) is 0 Å². The number of hydrogen-bond acceptors (Lipinski definition) is 5. The third kappa shape index (κ3) is 9.37. The minimum absolute atomic E-state index is 0.0243. The van der Waals surface area contributed by atoms with Crippen molar-refractivity contribution in [3.63, 3.8) is 0 Å². The minimum atomic E-state index is -3.12. The van der Waals surface area contributed by atoms with Gasteiger partial charge >= 0.3 is 14.0 Å². The maximum absolute atomic E-state index is 14.1. The average Bonchev–Trinajstić information content (AvgIpc) is 3.15. The molecule has 4 aromatic carbocycles. The number of carboxylic acid groups (broad SMARTS) is 1. The van der Waals surface area contributed by atoms with Crippen LogP contribution in [0.4, 0.5) is 4.39 Å². The monoisotopic (exact) mass is 762 g/mol. The molecule has 0 fully saturated rings. The molecule has 5 aromatic rings. The second-order valence-corrected chi connectivity index (χ2v) is 20.3. The van der Waals surface area contributed by atoms with E-state index in [0.717, 1.165) is 49.6 Å². The molecule has 0 amide bonds. The summed E-state index contributed by atoms with van der Waals surface area (Å²) in [6.07, 6.45) is 3.21. The fourth-order valence-electron chi connectivity index (χ4n) is 7.18. The summed E-state index contributed by atoms with van der Waals surface area (Å²) in [5, 5.41) is 11.6. The van der Waals surface area contributed by atoms with Crippen LogP contribution in [0.3, 0.4) is 0 Å². The van der Waals surface area contributed by atoms with E-state index >= 15 is 0 Å². The molecule has 54 heavy (non-hydrogen) atoms. The fourth-order valence-corrected chi connectivity index (χ4v) is 12.9. The largest absolute Gasteiger partial charge is 0.511 e. The Bertz CT molecular complexity index is 2010. The standard InChI is InChI=1S/C45H49FNO5PSi/c1-7-39-42(33-25-27-35(46)28-26-33)40(43(32(2)3)47-44(39)34-18-11-8-12-19-34)24-17-29-51-53(50)31-36(30-41(48)49)52-54(45(4,5)6,37-20-13-9-14-21-37)38-22-15-10-16-23-38/h8-28,32,36H,7,29-31H2,1-6H3/p+1/b24-17+/t36-/m0/s1. The van der Waals surface area contributed by atoms with Crippen LogP contribution >= 0.6 is 8.03 Å². The van der Waals surface area contributed by atoms with Crippen molar-refractivity contribution in [2.75, 3.05) is 12.8 Å². The maximum Gasteiger partial charge on any atom is 0.511 e. The van der Waals surface area contributed by atoms with Crippen LogP contribution in [0.5, 0.6) is 0 Å². The highest BCUT2D eigenvalue weighted by atomic mass is 31.1. The molecule has 1 unspecified atom stereocenters. The molecule has 0 aliphatic rings. The van der Waals surface area contributed by atoms with Gasteiger partial charge in [-0.15, -0.1) is 4.52 Å². The number of hydrogen-bond donors (Lipinski definition) is 1. The zero-order chi connectivity index (χ0) is 38.9. The van der Waals surface area contributed by atoms with Crippen LogP contribution < -0.4 is 10.4 Å². The summed E-state index contributed by atoms with van der Waals surface area (Å²) in [4.78, 5) is 17.4. The van der Waals surface area contributed by atoms with E-state index in [-0.39, 0.29) is 36.0 Å². The van der Waals surface area contributed by atoms with Gasteiger partial charge < -0.3 is 9.53 Å². The van der Waals surface area contributed by atoms with Crippen LogP contribution in [0.1, 0.15) is 70.7 Å². The molecule has 5 rings (SSSR count). The SMILES string of the molecule is CCc1c(-c2ccccc2)nc(C(C)C)c(/C=C/CO[P+](=O)C[C@H](CC(=O)O)O[Si](c2ccccc2)(c2ccccc2)C(C)(C)C)c1-c1ccc(F)cc1. The second kappa shape index (κ2) is 18.2. The first kappa shape index (κ1) is 40.6. The first-order valence-electron chi connectivity index (χ1n) is 18.5. The molecule has 6 nitrogen and oxygen atoms in total. The van der Waals surface area contributed by atoms with Gasteiger partial charge in [-0.3, -0.25) is 9.78 Å². The Hall–Kier alpha value is -4.59. The second-order valence-electron chi connectivity index (χ2n) is 14.7. The molecule has 0 aliphatic heterocycles. The molecule has 280 valence electrons. The predicted octanol–water partition coefficient (Wildman–Crippen LogP) is 10.4. The Morgan fingerprint density at radius 1 is 0.870 bits per heavy atom. The van der Waals surface area contributed by atoms with Crippen molar-refractivity contribution in [3.8, 4) is 22.4 Å². The molecule has 1 heterocycles. The zero-order valence-electron chi connectivity index (χ0n) is 32.0. The number of carboxylic acids is 1. The van der Waals surface area contributed by atoms with Gasteiger partial charge in [0, 0.05) is 11.1 Å². The molecule has 0 saturated heterocycles. The lowest BCUT2D eigenvalue weighted by Crippen LogP contribution is -2.68. The Morgan fingerprint density at radius 2 is 1.43 bits per heavy atom. The molecule has 1 aromatic heterocycles. The van der Waals surface area contributed by atoms with Crippen LogP contribution in [0, 0.1) is 5.82 Å². The first-order valence-corrected chi connectivity index (χ1v) is 21.8. The summed E-state index contributed by atoms with van der Waals surface area (Å²) in [6, 6.07) is 36.5. The highest BCUT2D eigenvalue weighted by Gasteiger charge is 2.52. The van der Waals surface area contributed by atoms with E-state index in [0.29, 0.717) is 6.42 Å². The Morgan fingerprint density at radius 3 is 1.93 bits per heavy atom. The van der Waals surface area contributed by atoms with Crippen LogP contribution in [0.25, 0.3) is 28.5 Å². The van der Waals surface area contributed by atoms with Gasteiger partial charge in [0.25, 0.3) is 8.32 Å². The van der Waals surface area contributed by atoms with Gasteiger partial charge in [0.2, 0.25) is 6.16 Å². The van der Waals surface area contributed by atoms with Crippen molar-refractivity contribution in [1.82, 2.24) is 4.98 Å². The van der Waals surface area contributed by atoms with Gasteiger partial charge in [-0.05, 0) is 61.1 Å². The third-order valence-electron chi connectivity index (χ3n) is 9.56. The van der Waals surface area contributed by atoms with Crippen LogP contribution in [0.2, 0.25) is 5.04 Å². The Balaban J connectivity index is 1.46. The lowest BCUT2D eigenvalue weighted by Gasteiger charge is -2.44. The Kier molecular flexibility index (Phi) is 13.6. The van der Waals surface area contributed by atoms with Gasteiger partial charge in [0.05, 0.1) is 17.8 Å². The van der Waals surface area contributed by atoms with E-state index in [1.807, 2.05) is 91.0 Å². The first-order chi connectivity index (χ1) is 25.9. The van der Waals surface area contributed by atoms with Gasteiger partial charge in [-0.1, -0.05) is 157 Å². The number of benzene rings is 4. The molecule has 9 heteroatoms. The minimum Gasteiger partial charge on any atom is -0.481 e. The zero-order valence-corrected chi connectivity index (χ0v) is 33.9. The Labute approximate surface area is 321 Å².